The molecule has 1 aliphatic heterocycles. The Morgan fingerprint density at radius 1 is 1.25 bits per heavy atom. The topological polar surface area (TPSA) is 86.3 Å². The number of hydrogen-bond donors (Lipinski definition) is 2. The molecule has 2 N–H and O–H groups in total. The number of halogens is 1. The summed E-state index contributed by atoms with van der Waals surface area (Å²) >= 11 is 0. The summed E-state index contributed by atoms with van der Waals surface area (Å²) < 4.78 is 4.96. The first-order valence-electron chi connectivity index (χ1n) is 9.12. The van der Waals surface area contributed by atoms with Crippen molar-refractivity contribution in [2.45, 2.75) is 20.4 Å². The molecule has 28 heavy (non-hydrogen) atoms. The third kappa shape index (κ3) is 7.53. The van der Waals surface area contributed by atoms with Gasteiger partial charge in [0, 0.05) is 26.3 Å². The van der Waals surface area contributed by atoms with E-state index in [1.165, 1.54) is 4.90 Å². The number of carbonyl (C=O) groups excluding carboxylic acids is 2. The number of nitrogens with zero attached hydrogens (tertiary/aromatic N) is 3. The van der Waals surface area contributed by atoms with Crippen molar-refractivity contribution in [2.24, 2.45) is 10.9 Å². The van der Waals surface area contributed by atoms with Gasteiger partial charge in [0.2, 0.25) is 5.91 Å². The molecule has 1 aliphatic rings. The number of hydrogen-bond acceptors (Lipinski definition) is 4. The molecule has 0 spiro atoms. The van der Waals surface area contributed by atoms with Gasteiger partial charge in [-0.05, 0) is 23.6 Å². The predicted molar refractivity (Wildman–Crippen MR) is 121 cm³/mol. The molecular formula is C19H30IN5O3. The van der Waals surface area contributed by atoms with Gasteiger partial charge in [-0.15, -0.1) is 24.0 Å². The number of guanidine groups is 1. The molecule has 0 unspecified atom stereocenters. The summed E-state index contributed by atoms with van der Waals surface area (Å²) in [5.74, 6) is 1.04. The van der Waals surface area contributed by atoms with Crippen molar-refractivity contribution >= 4 is 47.6 Å². The highest BCUT2D eigenvalue weighted by Crippen LogP contribution is 2.19. The molecule has 0 aliphatic carbocycles. The van der Waals surface area contributed by atoms with Crippen LogP contribution >= 0.6 is 24.0 Å². The second kappa shape index (κ2) is 11.7. The van der Waals surface area contributed by atoms with Gasteiger partial charge in [-0.3, -0.25) is 9.69 Å². The Kier molecular flexibility index (Phi) is 10.0. The van der Waals surface area contributed by atoms with E-state index >= 15 is 0 Å². The van der Waals surface area contributed by atoms with E-state index in [1.54, 1.807) is 19.0 Å². The molecule has 9 heteroatoms. The number of carbonyl (C=O) groups is 2. The lowest BCUT2D eigenvalue weighted by Gasteiger charge is -2.16. The summed E-state index contributed by atoms with van der Waals surface area (Å²) in [6.07, 6.45) is -0.310. The van der Waals surface area contributed by atoms with Gasteiger partial charge in [0.15, 0.2) is 5.96 Å². The van der Waals surface area contributed by atoms with Crippen LogP contribution in [0.5, 0.6) is 0 Å². The lowest BCUT2D eigenvalue weighted by molar-refractivity contribution is -0.127. The first kappa shape index (κ1) is 24.0. The molecule has 2 amide bonds. The number of ether oxygens (including phenoxy) is 1. The Bertz CT molecular complexity index is 677. The van der Waals surface area contributed by atoms with Gasteiger partial charge in [-0.1, -0.05) is 26.0 Å². The first-order valence-corrected chi connectivity index (χ1v) is 9.12. The van der Waals surface area contributed by atoms with E-state index in [-0.39, 0.29) is 42.5 Å². The van der Waals surface area contributed by atoms with Crippen LogP contribution in [0.1, 0.15) is 19.4 Å². The van der Waals surface area contributed by atoms with E-state index in [0.29, 0.717) is 31.6 Å². The van der Waals surface area contributed by atoms with Gasteiger partial charge in [0.1, 0.15) is 6.61 Å². The van der Waals surface area contributed by atoms with Crippen molar-refractivity contribution in [3.05, 3.63) is 29.8 Å². The fourth-order valence-corrected chi connectivity index (χ4v) is 2.37. The highest BCUT2D eigenvalue weighted by Gasteiger charge is 2.23. The highest BCUT2D eigenvalue weighted by molar-refractivity contribution is 14.0. The summed E-state index contributed by atoms with van der Waals surface area (Å²) in [5.41, 5.74) is 1.83. The molecule has 1 aromatic rings. The fourth-order valence-electron chi connectivity index (χ4n) is 2.37. The molecule has 2 rings (SSSR count). The summed E-state index contributed by atoms with van der Waals surface area (Å²) in [6, 6.07) is 7.66. The van der Waals surface area contributed by atoms with Gasteiger partial charge in [0.05, 0.1) is 19.6 Å². The Hall–Kier alpha value is -2.04. The predicted octanol–water partition coefficient (Wildman–Crippen LogP) is 2.04. The maximum Gasteiger partial charge on any atom is 0.414 e. The zero-order valence-electron chi connectivity index (χ0n) is 16.9. The van der Waals surface area contributed by atoms with E-state index in [4.69, 9.17) is 4.74 Å². The van der Waals surface area contributed by atoms with Crippen LogP contribution < -0.4 is 15.5 Å². The SMILES string of the molecule is CC(C)CNC(=NCc1ccc(N2CCOC2=O)cc1)NCC(=O)N(C)C.I. The van der Waals surface area contributed by atoms with Crippen LogP contribution in [0.15, 0.2) is 29.3 Å². The molecule has 1 fully saturated rings. The van der Waals surface area contributed by atoms with Gasteiger partial charge >= 0.3 is 6.09 Å². The number of likely N-dealkylation sites (N-methyl/N-ethyl adjacent to an activating group) is 1. The van der Waals surface area contributed by atoms with E-state index in [9.17, 15) is 9.59 Å². The van der Waals surface area contributed by atoms with Crippen LogP contribution in [0, 0.1) is 5.92 Å². The van der Waals surface area contributed by atoms with E-state index in [2.05, 4.69) is 29.5 Å². The quantitative estimate of drug-likeness (QED) is 0.338. The van der Waals surface area contributed by atoms with Crippen LogP contribution in [0.4, 0.5) is 10.5 Å². The number of aliphatic imine (C=N–C) groups is 1. The van der Waals surface area contributed by atoms with Crippen molar-refractivity contribution in [1.82, 2.24) is 15.5 Å². The lowest BCUT2D eigenvalue weighted by atomic mass is 10.2. The minimum Gasteiger partial charge on any atom is -0.447 e. The monoisotopic (exact) mass is 503 g/mol. The van der Waals surface area contributed by atoms with Crippen LogP contribution in [0.3, 0.4) is 0 Å². The Morgan fingerprint density at radius 3 is 2.46 bits per heavy atom. The van der Waals surface area contributed by atoms with Crippen molar-refractivity contribution in [2.75, 3.05) is 45.2 Å². The minimum absolute atomic E-state index is 0. The second-order valence-corrected chi connectivity index (χ2v) is 7.01. The molecule has 0 radical (unpaired) electrons. The van der Waals surface area contributed by atoms with Crippen LogP contribution in [0.25, 0.3) is 0 Å². The molecule has 156 valence electrons. The zero-order chi connectivity index (χ0) is 19.8. The average Bonchev–Trinajstić information content (AvgIpc) is 3.07. The standard InChI is InChI=1S/C19H29N5O3.HI/c1-14(2)11-20-18(22-13-17(25)23(3)4)21-12-15-5-7-16(8-6-15)24-9-10-27-19(24)26;/h5-8,14H,9-13H2,1-4H3,(H2,20,21,22);1H. The van der Waals surface area contributed by atoms with Crippen LogP contribution in [-0.2, 0) is 16.1 Å². The highest BCUT2D eigenvalue weighted by atomic mass is 127. The number of benzene rings is 1. The van der Waals surface area contributed by atoms with Crippen molar-refractivity contribution in [3.63, 3.8) is 0 Å². The van der Waals surface area contributed by atoms with Gasteiger partial charge in [-0.2, -0.15) is 0 Å². The Morgan fingerprint density at radius 2 is 1.93 bits per heavy atom. The lowest BCUT2D eigenvalue weighted by Crippen LogP contribution is -2.44. The van der Waals surface area contributed by atoms with E-state index in [0.717, 1.165) is 17.8 Å². The largest absolute Gasteiger partial charge is 0.447 e. The number of cyclic esters (lactones) is 1. The van der Waals surface area contributed by atoms with E-state index < -0.39 is 0 Å². The zero-order valence-corrected chi connectivity index (χ0v) is 19.2. The average molecular weight is 503 g/mol. The van der Waals surface area contributed by atoms with Gasteiger partial charge < -0.3 is 20.3 Å². The third-order valence-corrected chi connectivity index (χ3v) is 4.01. The van der Waals surface area contributed by atoms with Crippen molar-refractivity contribution in [3.8, 4) is 0 Å². The Balaban J connectivity index is 0.00000392. The summed E-state index contributed by atoms with van der Waals surface area (Å²) in [7, 11) is 3.44. The van der Waals surface area contributed by atoms with Crippen molar-refractivity contribution < 1.29 is 14.3 Å². The molecule has 0 atom stereocenters. The normalized spacial score (nSPS) is 13.8. The Labute approximate surface area is 183 Å². The smallest absolute Gasteiger partial charge is 0.414 e. The molecular weight excluding hydrogens is 473 g/mol. The molecule has 1 aromatic carbocycles. The maximum absolute atomic E-state index is 11.8. The number of rotatable bonds is 7. The molecule has 1 heterocycles. The van der Waals surface area contributed by atoms with Crippen molar-refractivity contribution in [1.29, 1.82) is 0 Å². The summed E-state index contributed by atoms with van der Waals surface area (Å²) in [6.45, 7) is 6.63. The van der Waals surface area contributed by atoms with Crippen LogP contribution in [-0.4, -0.2) is 63.2 Å². The molecule has 0 saturated carbocycles. The van der Waals surface area contributed by atoms with Gasteiger partial charge in [0.25, 0.3) is 0 Å². The van der Waals surface area contributed by atoms with Gasteiger partial charge in [-0.25, -0.2) is 9.79 Å². The van der Waals surface area contributed by atoms with E-state index in [1.807, 2.05) is 24.3 Å². The third-order valence-electron chi connectivity index (χ3n) is 4.01. The molecule has 8 nitrogen and oxygen atoms in total. The second-order valence-electron chi connectivity index (χ2n) is 7.01. The first-order chi connectivity index (χ1) is 12.9. The molecule has 0 aromatic heterocycles. The number of nitrogens with one attached hydrogen (secondary N) is 2. The molecule has 0 bridgehead atoms. The minimum atomic E-state index is -0.310. The fraction of sp³-hybridized carbons (Fsp3) is 0.526. The number of anilines is 1. The van der Waals surface area contributed by atoms with Crippen LogP contribution in [0.2, 0.25) is 0 Å². The number of amides is 2. The summed E-state index contributed by atoms with van der Waals surface area (Å²) in [4.78, 5) is 31.1. The summed E-state index contributed by atoms with van der Waals surface area (Å²) in [5, 5.41) is 6.31. The maximum atomic E-state index is 11.8. The molecule has 1 saturated heterocycles.